The molecule has 1 unspecified atom stereocenters. The molecule has 3 aromatic rings. The Hall–Kier alpha value is -3.32. The van der Waals surface area contributed by atoms with Crippen LogP contribution in [0.5, 0.6) is 11.5 Å². The number of ether oxygens (including phenoxy) is 2. The number of unbranched alkanes of at least 4 members (excludes halogenated alkanes) is 3. The first-order valence-corrected chi connectivity index (χ1v) is 12.9. The zero-order valence-electron chi connectivity index (χ0n) is 19.2. The Labute approximate surface area is 201 Å². The van der Waals surface area contributed by atoms with Gasteiger partial charge in [0.25, 0.3) is 0 Å². The number of aliphatic carboxylic acids is 1. The third kappa shape index (κ3) is 7.09. The zero-order chi connectivity index (χ0) is 24.4. The fraction of sp³-hybridized carbons (Fsp3) is 0.296. The van der Waals surface area contributed by atoms with Gasteiger partial charge in [-0.25, -0.2) is 13.2 Å². The monoisotopic (exact) mass is 482 g/mol. The minimum Gasteiger partial charge on any atom is -0.489 e. The fourth-order valence-corrected chi connectivity index (χ4v) is 4.70. The van der Waals surface area contributed by atoms with E-state index >= 15 is 0 Å². The summed E-state index contributed by atoms with van der Waals surface area (Å²) < 4.78 is 37.3. The van der Waals surface area contributed by atoms with Crippen LogP contribution in [0.15, 0.2) is 88.7 Å². The van der Waals surface area contributed by atoms with E-state index in [9.17, 15) is 18.3 Å². The summed E-state index contributed by atoms with van der Waals surface area (Å²) in [5, 5.41) is 9.42. The molecule has 0 saturated heterocycles. The first-order chi connectivity index (χ1) is 16.4. The van der Waals surface area contributed by atoms with Gasteiger partial charge in [-0.3, -0.25) is 0 Å². The molecule has 0 radical (unpaired) electrons. The average Bonchev–Trinajstić information content (AvgIpc) is 2.85. The molecule has 1 atom stereocenters. The molecule has 7 heteroatoms. The Bertz CT molecular complexity index is 1140. The van der Waals surface area contributed by atoms with Crippen LogP contribution in [-0.2, 0) is 21.2 Å². The van der Waals surface area contributed by atoms with E-state index in [1.54, 1.807) is 12.1 Å². The predicted molar refractivity (Wildman–Crippen MR) is 130 cm³/mol. The summed E-state index contributed by atoms with van der Waals surface area (Å²) in [5.41, 5.74) is 1.02. The predicted octanol–water partition coefficient (Wildman–Crippen LogP) is 5.90. The van der Waals surface area contributed by atoms with E-state index in [2.05, 4.69) is 6.92 Å². The Morgan fingerprint density at radius 1 is 0.824 bits per heavy atom. The molecule has 3 aromatic carbocycles. The Balaban J connectivity index is 1.62. The summed E-state index contributed by atoms with van der Waals surface area (Å²) in [6.07, 6.45) is 3.30. The van der Waals surface area contributed by atoms with Crippen LogP contribution in [0.4, 0.5) is 0 Å². The van der Waals surface area contributed by atoms with Gasteiger partial charge in [0.1, 0.15) is 18.1 Å². The van der Waals surface area contributed by atoms with Crippen molar-refractivity contribution in [1.82, 2.24) is 0 Å². The van der Waals surface area contributed by atoms with E-state index in [-0.39, 0.29) is 9.79 Å². The molecule has 0 heterocycles. The molecule has 34 heavy (non-hydrogen) atoms. The van der Waals surface area contributed by atoms with Gasteiger partial charge < -0.3 is 14.6 Å². The third-order valence-corrected chi connectivity index (χ3v) is 7.18. The van der Waals surface area contributed by atoms with E-state index in [0.29, 0.717) is 24.5 Å². The molecule has 0 aliphatic rings. The van der Waals surface area contributed by atoms with Crippen molar-refractivity contribution < 1.29 is 27.8 Å². The minimum atomic E-state index is -3.73. The highest BCUT2D eigenvalue weighted by atomic mass is 32.2. The molecule has 3 rings (SSSR count). The summed E-state index contributed by atoms with van der Waals surface area (Å²) in [6.45, 7) is 2.49. The number of carboxylic acid groups (broad SMARTS) is 1. The smallest absolute Gasteiger partial charge is 0.344 e. The van der Waals surface area contributed by atoms with Gasteiger partial charge in [0, 0.05) is 0 Å². The molecule has 0 aliphatic carbocycles. The quantitative estimate of drug-likeness (QED) is 0.305. The average molecular weight is 483 g/mol. The summed E-state index contributed by atoms with van der Waals surface area (Å²) >= 11 is 0. The molecular weight excluding hydrogens is 452 g/mol. The number of hydrogen-bond acceptors (Lipinski definition) is 5. The highest BCUT2D eigenvalue weighted by Crippen LogP contribution is 2.26. The molecule has 0 fully saturated rings. The van der Waals surface area contributed by atoms with Crippen LogP contribution >= 0.6 is 0 Å². The molecule has 0 amide bonds. The van der Waals surface area contributed by atoms with Crippen molar-refractivity contribution in [2.45, 2.75) is 61.5 Å². The van der Waals surface area contributed by atoms with Gasteiger partial charge in [-0.2, -0.15) is 0 Å². The SMILES string of the molecule is CCCCCCC(Oc1ccc(S(=O)(=O)c2ccc(OCc3ccccc3)cc2)cc1)C(=O)O. The Kier molecular flexibility index (Phi) is 9.10. The standard InChI is InChI=1S/C27H30O6S/c1-2-3-4-8-11-26(27(28)29)33-23-14-18-25(19-15-23)34(30,31)24-16-12-22(13-17-24)32-20-21-9-6-5-7-10-21/h5-7,9-10,12-19,26H,2-4,8,11,20H2,1H3,(H,28,29). The number of carbonyl (C=O) groups is 1. The number of benzene rings is 3. The maximum Gasteiger partial charge on any atom is 0.344 e. The van der Waals surface area contributed by atoms with Gasteiger partial charge in [-0.05, 0) is 66.9 Å². The lowest BCUT2D eigenvalue weighted by molar-refractivity contribution is -0.145. The summed E-state index contributed by atoms with van der Waals surface area (Å²) in [6, 6.07) is 21.8. The molecule has 0 saturated carbocycles. The lowest BCUT2D eigenvalue weighted by Gasteiger charge is -2.15. The number of sulfone groups is 1. The molecule has 6 nitrogen and oxygen atoms in total. The van der Waals surface area contributed by atoms with Crippen molar-refractivity contribution in [1.29, 1.82) is 0 Å². The molecular formula is C27H30O6S. The zero-order valence-corrected chi connectivity index (χ0v) is 20.0. The van der Waals surface area contributed by atoms with Crippen LogP contribution in [0, 0.1) is 0 Å². The van der Waals surface area contributed by atoms with Crippen LogP contribution in [0.2, 0.25) is 0 Å². The Morgan fingerprint density at radius 3 is 1.97 bits per heavy atom. The van der Waals surface area contributed by atoms with Crippen LogP contribution < -0.4 is 9.47 Å². The number of carboxylic acids is 1. The van der Waals surface area contributed by atoms with Crippen molar-refractivity contribution in [3.8, 4) is 11.5 Å². The summed E-state index contributed by atoms with van der Waals surface area (Å²) in [5.74, 6) is -0.125. The van der Waals surface area contributed by atoms with Crippen LogP contribution in [0.25, 0.3) is 0 Å². The fourth-order valence-electron chi connectivity index (χ4n) is 3.44. The first kappa shape index (κ1) is 25.3. The lowest BCUT2D eigenvalue weighted by atomic mass is 10.1. The highest BCUT2D eigenvalue weighted by molar-refractivity contribution is 7.91. The van der Waals surface area contributed by atoms with Gasteiger partial charge in [-0.15, -0.1) is 0 Å². The first-order valence-electron chi connectivity index (χ1n) is 11.4. The van der Waals surface area contributed by atoms with Crippen LogP contribution in [-0.4, -0.2) is 25.6 Å². The van der Waals surface area contributed by atoms with Gasteiger partial charge in [-0.1, -0.05) is 56.5 Å². The highest BCUT2D eigenvalue weighted by Gasteiger charge is 2.21. The van der Waals surface area contributed by atoms with Crippen LogP contribution in [0.1, 0.15) is 44.6 Å². The molecule has 0 bridgehead atoms. The van der Waals surface area contributed by atoms with Crippen molar-refractivity contribution >= 4 is 15.8 Å². The normalized spacial score (nSPS) is 12.1. The molecule has 0 aromatic heterocycles. The van der Waals surface area contributed by atoms with Crippen molar-refractivity contribution in [3.05, 3.63) is 84.4 Å². The molecule has 180 valence electrons. The van der Waals surface area contributed by atoms with Crippen LogP contribution in [0.3, 0.4) is 0 Å². The van der Waals surface area contributed by atoms with E-state index in [1.807, 2.05) is 30.3 Å². The van der Waals surface area contributed by atoms with E-state index in [4.69, 9.17) is 9.47 Å². The largest absolute Gasteiger partial charge is 0.489 e. The minimum absolute atomic E-state index is 0.104. The van der Waals surface area contributed by atoms with Gasteiger partial charge in [0.15, 0.2) is 6.10 Å². The summed E-state index contributed by atoms with van der Waals surface area (Å²) in [4.78, 5) is 11.8. The summed E-state index contributed by atoms with van der Waals surface area (Å²) in [7, 11) is -3.73. The van der Waals surface area contributed by atoms with E-state index in [0.717, 1.165) is 31.2 Å². The third-order valence-electron chi connectivity index (χ3n) is 5.39. The Morgan fingerprint density at radius 2 is 1.41 bits per heavy atom. The second-order valence-corrected chi connectivity index (χ2v) is 9.96. The van der Waals surface area contributed by atoms with Crippen molar-refractivity contribution in [2.75, 3.05) is 0 Å². The molecule has 0 spiro atoms. The van der Waals surface area contributed by atoms with Gasteiger partial charge >= 0.3 is 5.97 Å². The van der Waals surface area contributed by atoms with Crippen molar-refractivity contribution in [2.24, 2.45) is 0 Å². The van der Waals surface area contributed by atoms with E-state index in [1.165, 1.54) is 36.4 Å². The van der Waals surface area contributed by atoms with Gasteiger partial charge in [0.05, 0.1) is 9.79 Å². The van der Waals surface area contributed by atoms with Crippen molar-refractivity contribution in [3.63, 3.8) is 0 Å². The molecule has 0 aliphatic heterocycles. The van der Waals surface area contributed by atoms with Gasteiger partial charge in [0.2, 0.25) is 9.84 Å². The second kappa shape index (κ2) is 12.2. The van der Waals surface area contributed by atoms with E-state index < -0.39 is 21.9 Å². The topological polar surface area (TPSA) is 89.9 Å². The number of rotatable bonds is 13. The lowest BCUT2D eigenvalue weighted by Crippen LogP contribution is -2.26. The maximum atomic E-state index is 13.0. The molecule has 1 N–H and O–H groups in total. The number of hydrogen-bond donors (Lipinski definition) is 1. The maximum absolute atomic E-state index is 13.0. The second-order valence-electron chi connectivity index (χ2n) is 8.01.